The van der Waals surface area contributed by atoms with Gasteiger partial charge in [-0.1, -0.05) is 0 Å². The number of hydrogen-bond acceptors (Lipinski definition) is 6. The summed E-state index contributed by atoms with van der Waals surface area (Å²) in [5, 5.41) is 10.2. The molecular formula is C29H58O6. The van der Waals surface area contributed by atoms with Crippen molar-refractivity contribution >= 4 is 0 Å². The minimum absolute atomic E-state index is 0.0833. The fourth-order valence-electron chi connectivity index (χ4n) is 5.89. The Kier molecular flexibility index (Phi) is 11.7. The fourth-order valence-corrected chi connectivity index (χ4v) is 5.89. The van der Waals surface area contributed by atoms with E-state index in [-0.39, 0.29) is 29.5 Å². The Morgan fingerprint density at radius 1 is 0.771 bits per heavy atom. The highest BCUT2D eigenvalue weighted by Crippen LogP contribution is 2.50. The van der Waals surface area contributed by atoms with Gasteiger partial charge in [0, 0.05) is 37.6 Å². The highest BCUT2D eigenvalue weighted by Gasteiger charge is 2.57. The Morgan fingerprint density at radius 3 is 1.80 bits per heavy atom. The van der Waals surface area contributed by atoms with E-state index in [2.05, 4.69) is 55.4 Å². The van der Waals surface area contributed by atoms with Gasteiger partial charge in [0.1, 0.15) is 0 Å². The molecule has 210 valence electrons. The lowest BCUT2D eigenvalue weighted by Gasteiger charge is -2.48. The van der Waals surface area contributed by atoms with Crippen LogP contribution in [0.3, 0.4) is 0 Å². The molecule has 0 aromatic heterocycles. The van der Waals surface area contributed by atoms with E-state index in [1.54, 1.807) is 0 Å². The van der Waals surface area contributed by atoms with Gasteiger partial charge < -0.3 is 28.8 Å². The van der Waals surface area contributed by atoms with E-state index < -0.39 is 22.4 Å². The molecule has 1 aliphatic heterocycles. The average Bonchev–Trinajstić information content (AvgIpc) is 3.11. The summed E-state index contributed by atoms with van der Waals surface area (Å²) in [6, 6.07) is 0. The summed E-state index contributed by atoms with van der Waals surface area (Å²) in [7, 11) is 0. The van der Waals surface area contributed by atoms with Gasteiger partial charge in [0.2, 0.25) is 0 Å². The van der Waals surface area contributed by atoms with Crippen molar-refractivity contribution in [2.45, 2.75) is 137 Å². The Hall–Kier alpha value is -0.240. The van der Waals surface area contributed by atoms with Gasteiger partial charge >= 0.3 is 0 Å². The summed E-state index contributed by atoms with van der Waals surface area (Å²) in [6.45, 7) is 30.1. The third kappa shape index (κ3) is 9.54. The van der Waals surface area contributed by atoms with Crippen molar-refractivity contribution in [2.75, 3.05) is 33.0 Å². The largest absolute Gasteiger partial charge is 0.390 e. The maximum absolute atomic E-state index is 10.2. The first-order chi connectivity index (χ1) is 15.8. The van der Waals surface area contributed by atoms with E-state index in [0.717, 1.165) is 6.42 Å². The van der Waals surface area contributed by atoms with Crippen LogP contribution in [0.25, 0.3) is 0 Å². The Labute approximate surface area is 216 Å². The molecule has 35 heavy (non-hydrogen) atoms. The lowest BCUT2D eigenvalue weighted by molar-refractivity contribution is -0.166. The molecule has 4 unspecified atom stereocenters. The van der Waals surface area contributed by atoms with Crippen LogP contribution in [-0.4, -0.2) is 72.3 Å². The molecule has 1 aliphatic rings. The first-order valence-corrected chi connectivity index (χ1v) is 13.7. The van der Waals surface area contributed by atoms with Gasteiger partial charge in [-0.2, -0.15) is 0 Å². The van der Waals surface area contributed by atoms with E-state index in [1.807, 2.05) is 34.6 Å². The van der Waals surface area contributed by atoms with Crippen molar-refractivity contribution in [2.24, 2.45) is 17.8 Å². The Balaban J connectivity index is 3.43. The zero-order chi connectivity index (χ0) is 27.3. The van der Waals surface area contributed by atoms with E-state index in [9.17, 15) is 5.11 Å². The van der Waals surface area contributed by atoms with Gasteiger partial charge in [-0.05, 0) is 103 Å². The van der Waals surface area contributed by atoms with Crippen molar-refractivity contribution in [3.8, 4) is 0 Å². The molecule has 0 radical (unpaired) electrons. The predicted molar refractivity (Wildman–Crippen MR) is 143 cm³/mol. The predicted octanol–water partition coefficient (Wildman–Crippen LogP) is 6.03. The summed E-state index contributed by atoms with van der Waals surface area (Å²) in [5.74, 6) is 0.290. The first kappa shape index (κ1) is 32.8. The molecular weight excluding hydrogens is 444 g/mol. The van der Waals surface area contributed by atoms with Gasteiger partial charge in [0.25, 0.3) is 0 Å². The number of rotatable bonds is 16. The minimum Gasteiger partial charge on any atom is -0.390 e. The SMILES string of the molecule is CCOC(C)(C)CC(C1OCC(C(C)(C)OCCC(C)(C)O)C1C(C)(C)OCC)C(C)(C)OCC. The van der Waals surface area contributed by atoms with Gasteiger partial charge in [-0.15, -0.1) is 0 Å². The molecule has 0 amide bonds. The standard InChI is InChI=1S/C29H58O6/c1-14-32-26(6,7)19-21(27(8,9)33-15-2)24-23(29(12,13)34-16-3)22(20-31-24)28(10,11)35-18-17-25(4,5)30/h21-24,30H,14-20H2,1-13H3. The molecule has 0 saturated carbocycles. The molecule has 1 saturated heterocycles. The van der Waals surface area contributed by atoms with Gasteiger partial charge in [-0.25, -0.2) is 0 Å². The zero-order valence-corrected chi connectivity index (χ0v) is 25.2. The number of ether oxygens (including phenoxy) is 5. The van der Waals surface area contributed by atoms with Gasteiger partial charge in [0.15, 0.2) is 0 Å². The van der Waals surface area contributed by atoms with Gasteiger partial charge in [-0.3, -0.25) is 0 Å². The summed E-state index contributed by atoms with van der Waals surface area (Å²) in [6.07, 6.45) is 1.30. The third-order valence-corrected chi connectivity index (χ3v) is 7.71. The number of aliphatic hydroxyl groups is 1. The topological polar surface area (TPSA) is 66.4 Å². The molecule has 0 bridgehead atoms. The van der Waals surface area contributed by atoms with Crippen LogP contribution in [0.4, 0.5) is 0 Å². The molecule has 4 atom stereocenters. The van der Waals surface area contributed by atoms with Crippen molar-refractivity contribution in [1.82, 2.24) is 0 Å². The maximum Gasteiger partial charge on any atom is 0.0691 e. The van der Waals surface area contributed by atoms with Crippen LogP contribution in [0.15, 0.2) is 0 Å². The lowest BCUT2D eigenvalue weighted by Crippen LogP contribution is -2.55. The Bertz CT molecular complexity index is 619. The van der Waals surface area contributed by atoms with Crippen LogP contribution in [0, 0.1) is 17.8 Å². The summed E-state index contributed by atoms with van der Waals surface area (Å²) < 4.78 is 32.0. The smallest absolute Gasteiger partial charge is 0.0691 e. The molecule has 0 aliphatic carbocycles. The zero-order valence-electron chi connectivity index (χ0n) is 25.2. The molecule has 1 N–H and O–H groups in total. The Morgan fingerprint density at radius 2 is 1.31 bits per heavy atom. The van der Waals surface area contributed by atoms with Crippen LogP contribution in [-0.2, 0) is 23.7 Å². The van der Waals surface area contributed by atoms with Crippen LogP contribution in [0.5, 0.6) is 0 Å². The minimum atomic E-state index is -0.758. The molecule has 1 fully saturated rings. The molecule has 6 heteroatoms. The van der Waals surface area contributed by atoms with Crippen LogP contribution in [0.1, 0.15) is 103 Å². The number of hydrogen-bond donors (Lipinski definition) is 1. The highest BCUT2D eigenvalue weighted by atomic mass is 16.5. The quantitative estimate of drug-likeness (QED) is 0.278. The molecule has 1 rings (SSSR count). The van der Waals surface area contributed by atoms with Crippen molar-refractivity contribution in [3.63, 3.8) is 0 Å². The van der Waals surface area contributed by atoms with Crippen LogP contribution in [0.2, 0.25) is 0 Å². The van der Waals surface area contributed by atoms with E-state index >= 15 is 0 Å². The van der Waals surface area contributed by atoms with Crippen LogP contribution >= 0.6 is 0 Å². The van der Waals surface area contributed by atoms with Gasteiger partial charge in [0.05, 0.1) is 47.3 Å². The van der Waals surface area contributed by atoms with E-state index in [4.69, 9.17) is 23.7 Å². The van der Waals surface area contributed by atoms with Crippen molar-refractivity contribution < 1.29 is 28.8 Å². The van der Waals surface area contributed by atoms with E-state index in [0.29, 0.717) is 39.5 Å². The molecule has 6 nitrogen and oxygen atoms in total. The third-order valence-electron chi connectivity index (χ3n) is 7.71. The first-order valence-electron chi connectivity index (χ1n) is 13.7. The molecule has 0 spiro atoms. The van der Waals surface area contributed by atoms with E-state index in [1.165, 1.54) is 0 Å². The highest BCUT2D eigenvalue weighted by molar-refractivity contribution is 5.05. The molecule has 1 heterocycles. The molecule has 0 aromatic carbocycles. The summed E-state index contributed by atoms with van der Waals surface area (Å²) in [4.78, 5) is 0. The lowest BCUT2D eigenvalue weighted by atomic mass is 9.65. The molecule has 0 aromatic rings. The summed E-state index contributed by atoms with van der Waals surface area (Å²) in [5.41, 5.74) is -2.35. The normalized spacial score (nSPS) is 23.7. The van der Waals surface area contributed by atoms with Crippen molar-refractivity contribution in [1.29, 1.82) is 0 Å². The fraction of sp³-hybridized carbons (Fsp3) is 1.00. The maximum atomic E-state index is 10.2. The second-order valence-corrected chi connectivity index (χ2v) is 13.0. The second-order valence-electron chi connectivity index (χ2n) is 13.0. The monoisotopic (exact) mass is 502 g/mol. The van der Waals surface area contributed by atoms with Crippen LogP contribution < -0.4 is 0 Å². The van der Waals surface area contributed by atoms with Crippen molar-refractivity contribution in [3.05, 3.63) is 0 Å². The summed E-state index contributed by atoms with van der Waals surface area (Å²) >= 11 is 0. The second kappa shape index (κ2) is 12.5. The average molecular weight is 503 g/mol.